The summed E-state index contributed by atoms with van der Waals surface area (Å²) in [6.45, 7) is 3.84. The van der Waals surface area contributed by atoms with Gasteiger partial charge in [0.15, 0.2) is 0 Å². The number of morpholine rings is 1. The van der Waals surface area contributed by atoms with E-state index in [2.05, 4.69) is 39.8 Å². The van der Waals surface area contributed by atoms with Gasteiger partial charge in [-0.25, -0.2) is 17.5 Å². The average Bonchev–Trinajstić information content (AvgIpc) is 3.09. The average molecular weight is 420 g/mol. The van der Waals surface area contributed by atoms with Crippen LogP contribution in [-0.2, 0) is 21.2 Å². The van der Waals surface area contributed by atoms with E-state index >= 15 is 0 Å². The number of halogens is 1. The van der Waals surface area contributed by atoms with Crippen LogP contribution < -0.4 is 9.62 Å². The van der Waals surface area contributed by atoms with Gasteiger partial charge in [0.1, 0.15) is 10.7 Å². The summed E-state index contributed by atoms with van der Waals surface area (Å²) in [7, 11) is -1.87. The molecule has 1 atom stereocenters. The van der Waals surface area contributed by atoms with Crippen LogP contribution in [0.4, 0.5) is 10.1 Å². The summed E-state index contributed by atoms with van der Waals surface area (Å²) in [5.74, 6) is -0.747. The SMILES string of the molecule is CN1CCc2cc(C(CNS(=O)(=O)c3ccccc3F)N3CCOCC3)ccc21. The maximum Gasteiger partial charge on any atom is 0.243 e. The molecule has 0 aromatic heterocycles. The van der Waals surface area contributed by atoms with Crippen molar-refractivity contribution in [1.82, 2.24) is 9.62 Å². The fourth-order valence-corrected chi connectivity index (χ4v) is 5.19. The van der Waals surface area contributed by atoms with Crippen molar-refractivity contribution in [1.29, 1.82) is 0 Å². The van der Waals surface area contributed by atoms with Gasteiger partial charge < -0.3 is 9.64 Å². The van der Waals surface area contributed by atoms with E-state index in [1.165, 1.54) is 29.4 Å². The van der Waals surface area contributed by atoms with Crippen molar-refractivity contribution >= 4 is 15.7 Å². The van der Waals surface area contributed by atoms with Crippen LogP contribution in [0.15, 0.2) is 47.4 Å². The molecule has 0 radical (unpaired) electrons. The molecule has 2 aromatic rings. The molecule has 8 heteroatoms. The number of ether oxygens (including phenoxy) is 1. The molecule has 156 valence electrons. The van der Waals surface area contributed by atoms with Crippen LogP contribution >= 0.6 is 0 Å². The summed E-state index contributed by atoms with van der Waals surface area (Å²) in [5.41, 5.74) is 3.57. The molecular weight excluding hydrogens is 393 g/mol. The van der Waals surface area contributed by atoms with E-state index in [4.69, 9.17) is 4.74 Å². The first-order valence-corrected chi connectivity index (χ1v) is 11.3. The van der Waals surface area contributed by atoms with Crippen molar-refractivity contribution in [3.63, 3.8) is 0 Å². The van der Waals surface area contributed by atoms with Crippen LogP contribution in [0.2, 0.25) is 0 Å². The molecule has 29 heavy (non-hydrogen) atoms. The molecule has 2 aliphatic heterocycles. The zero-order chi connectivity index (χ0) is 20.4. The third-order valence-electron chi connectivity index (χ3n) is 5.70. The first-order chi connectivity index (χ1) is 14.0. The van der Waals surface area contributed by atoms with Crippen molar-refractivity contribution in [2.24, 2.45) is 0 Å². The Labute approximate surface area is 171 Å². The number of hydrogen-bond donors (Lipinski definition) is 1. The summed E-state index contributed by atoms with van der Waals surface area (Å²) in [6.07, 6.45) is 0.983. The number of fused-ring (bicyclic) bond motifs is 1. The highest BCUT2D eigenvalue weighted by Crippen LogP contribution is 2.31. The molecule has 0 bridgehead atoms. The van der Waals surface area contributed by atoms with E-state index < -0.39 is 15.8 Å². The van der Waals surface area contributed by atoms with Gasteiger partial charge in [-0.2, -0.15) is 0 Å². The molecule has 0 aliphatic carbocycles. The van der Waals surface area contributed by atoms with Crippen molar-refractivity contribution in [3.05, 3.63) is 59.4 Å². The lowest BCUT2D eigenvalue weighted by Gasteiger charge is -2.35. The molecule has 1 unspecified atom stereocenters. The molecule has 1 saturated heterocycles. The summed E-state index contributed by atoms with van der Waals surface area (Å²) in [6, 6.07) is 11.7. The molecule has 0 saturated carbocycles. The molecule has 2 aromatic carbocycles. The Morgan fingerprint density at radius 2 is 1.90 bits per heavy atom. The predicted molar refractivity (Wildman–Crippen MR) is 110 cm³/mol. The fourth-order valence-electron chi connectivity index (χ4n) is 4.07. The van der Waals surface area contributed by atoms with E-state index in [9.17, 15) is 12.8 Å². The van der Waals surface area contributed by atoms with Crippen LogP contribution in [0.25, 0.3) is 0 Å². The lowest BCUT2D eigenvalue weighted by molar-refractivity contribution is 0.0172. The van der Waals surface area contributed by atoms with Gasteiger partial charge in [0, 0.05) is 45.0 Å². The molecule has 6 nitrogen and oxygen atoms in total. The molecule has 0 amide bonds. The minimum atomic E-state index is -3.94. The van der Waals surface area contributed by atoms with Gasteiger partial charge in [0.25, 0.3) is 0 Å². The fraction of sp³-hybridized carbons (Fsp3) is 0.429. The number of nitrogens with one attached hydrogen (secondary N) is 1. The van der Waals surface area contributed by atoms with Gasteiger partial charge in [-0.3, -0.25) is 4.90 Å². The monoisotopic (exact) mass is 419 g/mol. The number of benzene rings is 2. The van der Waals surface area contributed by atoms with Crippen LogP contribution in [0.5, 0.6) is 0 Å². The van der Waals surface area contributed by atoms with Crippen LogP contribution in [0, 0.1) is 5.82 Å². The molecule has 4 rings (SSSR count). The second-order valence-electron chi connectivity index (χ2n) is 7.51. The largest absolute Gasteiger partial charge is 0.379 e. The Morgan fingerprint density at radius 3 is 2.66 bits per heavy atom. The minimum Gasteiger partial charge on any atom is -0.379 e. The number of rotatable bonds is 6. The number of anilines is 1. The van der Waals surface area contributed by atoms with Crippen LogP contribution in [0.3, 0.4) is 0 Å². The van der Waals surface area contributed by atoms with E-state index in [0.29, 0.717) is 13.2 Å². The number of nitrogens with zero attached hydrogens (tertiary/aromatic N) is 2. The maximum absolute atomic E-state index is 14.0. The third-order valence-corrected chi connectivity index (χ3v) is 7.15. The molecule has 2 aliphatic rings. The van der Waals surface area contributed by atoms with E-state index in [0.717, 1.165) is 37.7 Å². The van der Waals surface area contributed by atoms with Crippen molar-refractivity contribution < 1.29 is 17.5 Å². The molecule has 1 N–H and O–H groups in total. The minimum absolute atomic E-state index is 0.142. The summed E-state index contributed by atoms with van der Waals surface area (Å²) < 4.78 is 47.5. The van der Waals surface area contributed by atoms with Gasteiger partial charge in [0.05, 0.1) is 13.2 Å². The normalized spacial score (nSPS) is 18.6. The van der Waals surface area contributed by atoms with Crippen molar-refractivity contribution in [3.8, 4) is 0 Å². The van der Waals surface area contributed by atoms with Crippen LogP contribution in [-0.4, -0.2) is 59.8 Å². The van der Waals surface area contributed by atoms with Crippen LogP contribution in [0.1, 0.15) is 17.2 Å². The second kappa shape index (κ2) is 8.39. The molecule has 0 spiro atoms. The number of likely N-dealkylation sites (N-methyl/N-ethyl adjacent to an activating group) is 1. The second-order valence-corrected chi connectivity index (χ2v) is 9.24. The lowest BCUT2D eigenvalue weighted by Crippen LogP contribution is -2.43. The van der Waals surface area contributed by atoms with Gasteiger partial charge in [-0.05, 0) is 35.7 Å². The van der Waals surface area contributed by atoms with Crippen molar-refractivity contribution in [2.45, 2.75) is 17.4 Å². The highest BCUT2D eigenvalue weighted by Gasteiger charge is 2.27. The van der Waals surface area contributed by atoms with Gasteiger partial charge >= 0.3 is 0 Å². The van der Waals surface area contributed by atoms with Gasteiger partial charge in [0.2, 0.25) is 10.0 Å². The summed E-state index contributed by atoms with van der Waals surface area (Å²) >= 11 is 0. The van der Waals surface area contributed by atoms with E-state index in [1.807, 2.05) is 0 Å². The Hall–Kier alpha value is -2.00. The number of sulfonamides is 1. The first-order valence-electron chi connectivity index (χ1n) is 9.86. The molecule has 2 heterocycles. The summed E-state index contributed by atoms with van der Waals surface area (Å²) in [4.78, 5) is 4.13. The maximum atomic E-state index is 14.0. The quantitative estimate of drug-likeness (QED) is 0.778. The standard InChI is InChI=1S/C21H26FN3O3S/c1-24-9-8-17-14-16(6-7-19(17)24)20(25-10-12-28-13-11-25)15-23-29(26,27)21-5-3-2-4-18(21)22/h2-7,14,20,23H,8-13,15H2,1H3. The Bertz CT molecular complexity index is 977. The molecular formula is C21H26FN3O3S. The zero-order valence-electron chi connectivity index (χ0n) is 16.5. The predicted octanol–water partition coefficient (Wildman–Crippen LogP) is 2.17. The van der Waals surface area contributed by atoms with Gasteiger partial charge in [-0.1, -0.05) is 24.3 Å². The first kappa shape index (κ1) is 20.3. The lowest BCUT2D eigenvalue weighted by atomic mass is 10.0. The van der Waals surface area contributed by atoms with E-state index in [1.54, 1.807) is 0 Å². The van der Waals surface area contributed by atoms with Crippen molar-refractivity contribution in [2.75, 3.05) is 51.3 Å². The highest BCUT2D eigenvalue weighted by molar-refractivity contribution is 7.89. The third kappa shape index (κ3) is 4.30. The number of hydrogen-bond acceptors (Lipinski definition) is 5. The summed E-state index contributed by atoms with van der Waals surface area (Å²) in [5, 5.41) is 0. The van der Waals surface area contributed by atoms with E-state index in [-0.39, 0.29) is 17.5 Å². The highest BCUT2D eigenvalue weighted by atomic mass is 32.2. The smallest absolute Gasteiger partial charge is 0.243 e. The zero-order valence-corrected chi connectivity index (χ0v) is 17.3. The van der Waals surface area contributed by atoms with Gasteiger partial charge in [-0.15, -0.1) is 0 Å². The Balaban J connectivity index is 1.59. The molecule has 1 fully saturated rings. The topological polar surface area (TPSA) is 61.9 Å². The Morgan fingerprint density at radius 1 is 1.14 bits per heavy atom. The Kier molecular flexibility index (Phi) is 5.87.